The van der Waals surface area contributed by atoms with Gasteiger partial charge in [-0.2, -0.15) is 0 Å². The molecule has 27 heavy (non-hydrogen) atoms. The molecule has 0 fully saturated rings. The van der Waals surface area contributed by atoms with Crippen molar-refractivity contribution in [1.29, 1.82) is 0 Å². The number of benzene rings is 2. The maximum Gasteiger partial charge on any atom is 0.264 e. The molecule has 0 unspecified atom stereocenters. The van der Waals surface area contributed by atoms with Crippen molar-refractivity contribution in [3.63, 3.8) is 0 Å². The van der Waals surface area contributed by atoms with Crippen LogP contribution in [-0.4, -0.2) is 24.1 Å². The number of aryl methyl sites for hydroxylation is 1. The fourth-order valence-corrected chi connectivity index (χ4v) is 3.72. The summed E-state index contributed by atoms with van der Waals surface area (Å²) < 4.78 is 11.8. The Hall–Kier alpha value is -2.38. The summed E-state index contributed by atoms with van der Waals surface area (Å²) in [6.07, 6.45) is 0. The van der Waals surface area contributed by atoms with Gasteiger partial charge in [-0.1, -0.05) is 6.07 Å². The van der Waals surface area contributed by atoms with Gasteiger partial charge in [-0.05, 0) is 71.7 Å². The summed E-state index contributed by atoms with van der Waals surface area (Å²) in [5.41, 5.74) is 2.89. The zero-order valence-electron chi connectivity index (χ0n) is 15.0. The second-order valence-corrected chi connectivity index (χ2v) is 7.48. The molecule has 0 atom stereocenters. The Morgan fingerprint density at radius 1 is 1.19 bits per heavy atom. The van der Waals surface area contributed by atoms with Gasteiger partial charge in [0.1, 0.15) is 11.5 Å². The number of amides is 1. The molecule has 1 heterocycles. The van der Waals surface area contributed by atoms with Crippen molar-refractivity contribution in [2.75, 3.05) is 18.5 Å². The van der Waals surface area contributed by atoms with Gasteiger partial charge in [0, 0.05) is 10.9 Å². The van der Waals surface area contributed by atoms with Crippen LogP contribution in [0.4, 0.5) is 5.13 Å². The van der Waals surface area contributed by atoms with Gasteiger partial charge < -0.3 is 9.47 Å². The minimum Gasteiger partial charge on any atom is -0.494 e. The van der Waals surface area contributed by atoms with Crippen molar-refractivity contribution in [1.82, 2.24) is 4.98 Å². The van der Waals surface area contributed by atoms with E-state index in [9.17, 15) is 4.79 Å². The number of carbonyl (C=O) groups is 1. The highest BCUT2D eigenvalue weighted by Gasteiger charge is 2.10. The van der Waals surface area contributed by atoms with E-state index in [0.717, 1.165) is 27.0 Å². The molecule has 1 N–H and O–H groups in total. The van der Waals surface area contributed by atoms with Gasteiger partial charge in [0.2, 0.25) is 0 Å². The molecule has 0 aliphatic heterocycles. The maximum atomic E-state index is 12.1. The highest BCUT2D eigenvalue weighted by molar-refractivity contribution is 9.10. The standard InChI is InChI=1S/C20H19BrN2O3S/c1-3-25-15-7-5-14(6-8-15)17-12-27-20(22-17)23-19(24)11-26-18-9-4-13(2)10-16(18)21/h4-10,12H,3,11H2,1-2H3,(H,22,23,24). The molecule has 140 valence electrons. The van der Waals surface area contributed by atoms with Crippen LogP contribution in [0.3, 0.4) is 0 Å². The van der Waals surface area contributed by atoms with Crippen LogP contribution in [0.15, 0.2) is 52.3 Å². The minimum atomic E-state index is -0.255. The highest BCUT2D eigenvalue weighted by atomic mass is 79.9. The number of carbonyl (C=O) groups excluding carboxylic acids is 1. The summed E-state index contributed by atoms with van der Waals surface area (Å²) >= 11 is 4.81. The number of ether oxygens (including phenoxy) is 2. The number of aromatic nitrogens is 1. The molecule has 1 aromatic heterocycles. The topological polar surface area (TPSA) is 60.5 Å². The second-order valence-electron chi connectivity index (χ2n) is 5.77. The van der Waals surface area contributed by atoms with E-state index in [2.05, 4.69) is 26.2 Å². The van der Waals surface area contributed by atoms with Gasteiger partial charge in [0.25, 0.3) is 5.91 Å². The molecule has 0 aliphatic carbocycles. The third-order valence-electron chi connectivity index (χ3n) is 3.66. The Labute approximate surface area is 170 Å². The normalized spacial score (nSPS) is 10.5. The second kappa shape index (κ2) is 9.01. The van der Waals surface area contributed by atoms with Crippen molar-refractivity contribution in [3.05, 3.63) is 57.9 Å². The van der Waals surface area contributed by atoms with Crippen LogP contribution >= 0.6 is 27.3 Å². The fourth-order valence-electron chi connectivity index (χ4n) is 2.37. The maximum absolute atomic E-state index is 12.1. The first-order chi connectivity index (χ1) is 13.0. The van der Waals surface area contributed by atoms with E-state index in [1.807, 2.05) is 61.7 Å². The lowest BCUT2D eigenvalue weighted by atomic mass is 10.2. The van der Waals surface area contributed by atoms with Gasteiger partial charge in [0.05, 0.1) is 16.8 Å². The summed E-state index contributed by atoms with van der Waals surface area (Å²) in [5, 5.41) is 5.21. The molecule has 0 radical (unpaired) electrons. The van der Waals surface area contributed by atoms with Crippen LogP contribution in [-0.2, 0) is 4.79 Å². The number of halogens is 1. The summed E-state index contributed by atoms with van der Waals surface area (Å²) in [5.74, 6) is 1.20. The lowest BCUT2D eigenvalue weighted by molar-refractivity contribution is -0.118. The molecule has 0 spiro atoms. The highest BCUT2D eigenvalue weighted by Crippen LogP contribution is 2.27. The average molecular weight is 447 g/mol. The van der Waals surface area contributed by atoms with Gasteiger partial charge >= 0.3 is 0 Å². The van der Waals surface area contributed by atoms with Crippen LogP contribution < -0.4 is 14.8 Å². The number of thiazole rings is 1. The summed E-state index contributed by atoms with van der Waals surface area (Å²) in [6, 6.07) is 13.4. The lowest BCUT2D eigenvalue weighted by Gasteiger charge is -2.08. The van der Waals surface area contributed by atoms with Crippen LogP contribution in [0.1, 0.15) is 12.5 Å². The molecule has 0 saturated carbocycles. The zero-order chi connectivity index (χ0) is 19.2. The quantitative estimate of drug-likeness (QED) is 0.534. The fraction of sp³-hybridized carbons (Fsp3) is 0.200. The summed E-state index contributed by atoms with van der Waals surface area (Å²) in [6.45, 7) is 4.49. The average Bonchev–Trinajstić information content (AvgIpc) is 3.10. The Morgan fingerprint density at radius 2 is 1.96 bits per heavy atom. The minimum absolute atomic E-state index is 0.0837. The predicted octanol–water partition coefficient (Wildman–Crippen LogP) is 5.30. The molecule has 0 bridgehead atoms. The van der Waals surface area contributed by atoms with Crippen LogP contribution in [0.5, 0.6) is 11.5 Å². The van der Waals surface area contributed by atoms with E-state index < -0.39 is 0 Å². The summed E-state index contributed by atoms with van der Waals surface area (Å²) in [4.78, 5) is 16.6. The number of nitrogens with one attached hydrogen (secondary N) is 1. The molecular formula is C20H19BrN2O3S. The molecule has 1 amide bonds. The number of hydrogen-bond donors (Lipinski definition) is 1. The largest absolute Gasteiger partial charge is 0.494 e. The van der Waals surface area contributed by atoms with E-state index in [1.54, 1.807) is 0 Å². The Bertz CT molecular complexity index is 925. The summed E-state index contributed by atoms with van der Waals surface area (Å²) in [7, 11) is 0. The Balaban J connectivity index is 1.57. The van der Waals surface area contributed by atoms with Gasteiger partial charge in [-0.25, -0.2) is 4.98 Å². The van der Waals surface area contributed by atoms with E-state index in [4.69, 9.17) is 9.47 Å². The number of nitrogens with zero attached hydrogens (tertiary/aromatic N) is 1. The van der Waals surface area contributed by atoms with Crippen molar-refractivity contribution in [2.45, 2.75) is 13.8 Å². The number of hydrogen-bond acceptors (Lipinski definition) is 5. The lowest BCUT2D eigenvalue weighted by Crippen LogP contribution is -2.20. The zero-order valence-corrected chi connectivity index (χ0v) is 17.4. The SMILES string of the molecule is CCOc1ccc(-c2csc(NC(=O)COc3ccc(C)cc3Br)n2)cc1. The third-order valence-corrected chi connectivity index (χ3v) is 5.04. The van der Waals surface area contributed by atoms with Crippen molar-refractivity contribution in [2.24, 2.45) is 0 Å². The number of rotatable bonds is 7. The van der Waals surface area contributed by atoms with E-state index in [0.29, 0.717) is 17.5 Å². The van der Waals surface area contributed by atoms with E-state index >= 15 is 0 Å². The smallest absolute Gasteiger partial charge is 0.264 e. The molecule has 0 aliphatic rings. The first kappa shape index (κ1) is 19.4. The molecule has 7 heteroatoms. The van der Waals surface area contributed by atoms with Crippen LogP contribution in [0.25, 0.3) is 11.3 Å². The Kier molecular flexibility index (Phi) is 6.47. The van der Waals surface area contributed by atoms with E-state index in [-0.39, 0.29) is 12.5 Å². The Morgan fingerprint density at radius 3 is 2.67 bits per heavy atom. The van der Waals surface area contributed by atoms with E-state index in [1.165, 1.54) is 11.3 Å². The van der Waals surface area contributed by atoms with Gasteiger partial charge in [-0.15, -0.1) is 11.3 Å². The van der Waals surface area contributed by atoms with Crippen LogP contribution in [0, 0.1) is 6.92 Å². The molecule has 0 saturated heterocycles. The van der Waals surface area contributed by atoms with Crippen molar-refractivity contribution >= 4 is 38.3 Å². The van der Waals surface area contributed by atoms with Gasteiger partial charge in [-0.3, -0.25) is 10.1 Å². The molecule has 3 rings (SSSR count). The van der Waals surface area contributed by atoms with Gasteiger partial charge in [0.15, 0.2) is 11.7 Å². The third kappa shape index (κ3) is 5.30. The van der Waals surface area contributed by atoms with Crippen LogP contribution in [0.2, 0.25) is 0 Å². The number of anilines is 1. The van der Waals surface area contributed by atoms with Crippen molar-refractivity contribution < 1.29 is 14.3 Å². The first-order valence-corrected chi connectivity index (χ1v) is 10.1. The first-order valence-electron chi connectivity index (χ1n) is 8.42. The molecule has 2 aromatic carbocycles. The van der Waals surface area contributed by atoms with Crippen molar-refractivity contribution in [3.8, 4) is 22.8 Å². The predicted molar refractivity (Wildman–Crippen MR) is 112 cm³/mol. The molecule has 3 aromatic rings. The molecule has 5 nitrogen and oxygen atoms in total. The monoisotopic (exact) mass is 446 g/mol. The molecular weight excluding hydrogens is 428 g/mol.